The highest BCUT2D eigenvalue weighted by molar-refractivity contribution is 7.89. The topological polar surface area (TPSA) is 86.8 Å². The molecule has 8 heteroatoms. The van der Waals surface area contributed by atoms with Gasteiger partial charge >= 0.3 is 6.03 Å². The summed E-state index contributed by atoms with van der Waals surface area (Å²) >= 11 is 0. The lowest BCUT2D eigenvalue weighted by molar-refractivity contribution is -0.127. The van der Waals surface area contributed by atoms with Crippen LogP contribution >= 0.6 is 0 Å². The molecule has 2 saturated heterocycles. The number of carbonyl (C=O) groups excluding carboxylic acids is 2. The number of rotatable bonds is 3. The van der Waals surface area contributed by atoms with E-state index >= 15 is 0 Å². The molecule has 1 aromatic carbocycles. The molecule has 136 valence electrons. The molecule has 1 aromatic rings. The molecule has 1 N–H and O–H groups in total. The Morgan fingerprint density at radius 1 is 1.04 bits per heavy atom. The van der Waals surface area contributed by atoms with E-state index in [0.29, 0.717) is 30.8 Å². The molecule has 25 heavy (non-hydrogen) atoms. The molecule has 3 amide bonds. The fraction of sp³-hybridized carbons (Fsp3) is 0.529. The van der Waals surface area contributed by atoms with Gasteiger partial charge in [0.05, 0.1) is 11.4 Å². The highest BCUT2D eigenvalue weighted by atomic mass is 32.2. The van der Waals surface area contributed by atoms with Crippen LogP contribution in [0.3, 0.4) is 0 Å². The predicted molar refractivity (Wildman–Crippen MR) is 92.7 cm³/mol. The first-order valence-corrected chi connectivity index (χ1v) is 9.83. The molecule has 2 heterocycles. The third-order valence-electron chi connectivity index (χ3n) is 4.87. The number of carbonyl (C=O) groups is 2. The summed E-state index contributed by atoms with van der Waals surface area (Å²) in [6.45, 7) is 6.20. The van der Waals surface area contributed by atoms with E-state index < -0.39 is 10.0 Å². The van der Waals surface area contributed by atoms with Gasteiger partial charge in [-0.1, -0.05) is 17.7 Å². The van der Waals surface area contributed by atoms with Gasteiger partial charge in [-0.15, -0.1) is 0 Å². The third-order valence-corrected chi connectivity index (χ3v) is 7.07. The van der Waals surface area contributed by atoms with Gasteiger partial charge < -0.3 is 5.32 Å². The van der Waals surface area contributed by atoms with Crippen LogP contribution in [0.1, 0.15) is 29.5 Å². The normalized spacial score (nSPS) is 20.2. The molecule has 0 unspecified atom stereocenters. The van der Waals surface area contributed by atoms with Gasteiger partial charge in [0.2, 0.25) is 15.9 Å². The largest absolute Gasteiger partial charge is 0.329 e. The van der Waals surface area contributed by atoms with Crippen molar-refractivity contribution in [1.29, 1.82) is 0 Å². The minimum atomic E-state index is -3.58. The first-order valence-electron chi connectivity index (χ1n) is 8.39. The van der Waals surface area contributed by atoms with E-state index in [4.69, 9.17) is 0 Å². The molecule has 3 rings (SSSR count). The molecule has 2 fully saturated rings. The first-order chi connectivity index (χ1) is 11.7. The Hall–Kier alpha value is -1.93. The van der Waals surface area contributed by atoms with Crippen LogP contribution in [0.25, 0.3) is 0 Å². The maximum Gasteiger partial charge on any atom is 0.324 e. The Labute approximate surface area is 148 Å². The number of nitrogens with one attached hydrogen (secondary N) is 1. The molecule has 2 aliphatic rings. The van der Waals surface area contributed by atoms with Crippen LogP contribution in [-0.2, 0) is 14.8 Å². The van der Waals surface area contributed by atoms with E-state index in [1.165, 1.54) is 9.21 Å². The highest BCUT2D eigenvalue weighted by Gasteiger charge is 2.39. The SMILES string of the molecule is Cc1cc(C)c(S(=O)(=O)N2CCC(N3C(=O)CNC3=O)CC2)c(C)c1. The van der Waals surface area contributed by atoms with Gasteiger partial charge in [-0.3, -0.25) is 9.69 Å². The number of nitrogens with zero attached hydrogens (tertiary/aromatic N) is 2. The Kier molecular flexibility index (Phi) is 4.59. The second-order valence-corrected chi connectivity index (χ2v) is 8.66. The average Bonchev–Trinajstić information content (AvgIpc) is 2.85. The van der Waals surface area contributed by atoms with Crippen LogP contribution in [0.4, 0.5) is 4.79 Å². The zero-order chi connectivity index (χ0) is 18.4. The molecule has 0 atom stereocenters. The van der Waals surface area contributed by atoms with Crippen LogP contribution in [0.5, 0.6) is 0 Å². The summed E-state index contributed by atoms with van der Waals surface area (Å²) in [5, 5.41) is 2.51. The van der Waals surface area contributed by atoms with Crippen LogP contribution in [-0.4, -0.2) is 55.2 Å². The Bertz CT molecular complexity index is 787. The second-order valence-electron chi connectivity index (χ2n) is 6.79. The van der Waals surface area contributed by atoms with Crippen molar-refractivity contribution in [3.63, 3.8) is 0 Å². The number of piperidine rings is 1. The summed E-state index contributed by atoms with van der Waals surface area (Å²) in [6.07, 6.45) is 0.921. The van der Waals surface area contributed by atoms with Crippen LogP contribution in [0, 0.1) is 20.8 Å². The Morgan fingerprint density at radius 2 is 1.60 bits per heavy atom. The lowest BCUT2D eigenvalue weighted by Gasteiger charge is -2.35. The maximum absolute atomic E-state index is 13.1. The van der Waals surface area contributed by atoms with E-state index in [9.17, 15) is 18.0 Å². The summed E-state index contributed by atoms with van der Waals surface area (Å²) in [6, 6.07) is 3.14. The summed E-state index contributed by atoms with van der Waals surface area (Å²) in [5.41, 5.74) is 2.52. The zero-order valence-corrected chi connectivity index (χ0v) is 15.5. The summed E-state index contributed by atoms with van der Waals surface area (Å²) in [4.78, 5) is 25.2. The van der Waals surface area contributed by atoms with Crippen molar-refractivity contribution in [2.45, 2.75) is 44.6 Å². The Balaban J connectivity index is 1.79. The smallest absolute Gasteiger partial charge is 0.324 e. The number of imide groups is 1. The summed E-state index contributed by atoms with van der Waals surface area (Å²) in [5.74, 6) is -0.239. The number of amides is 3. The summed E-state index contributed by atoms with van der Waals surface area (Å²) < 4.78 is 27.6. The molecule has 0 radical (unpaired) electrons. The van der Waals surface area contributed by atoms with Crippen molar-refractivity contribution >= 4 is 22.0 Å². The van der Waals surface area contributed by atoms with E-state index in [0.717, 1.165) is 16.7 Å². The molecule has 0 aromatic heterocycles. The number of sulfonamides is 1. The van der Waals surface area contributed by atoms with E-state index in [1.807, 2.05) is 32.9 Å². The lowest BCUT2D eigenvalue weighted by Crippen LogP contribution is -2.49. The minimum absolute atomic E-state index is 0.0269. The van der Waals surface area contributed by atoms with E-state index in [2.05, 4.69) is 5.32 Å². The number of aryl methyl sites for hydroxylation is 3. The van der Waals surface area contributed by atoms with E-state index in [-0.39, 0.29) is 24.5 Å². The van der Waals surface area contributed by atoms with Crippen LogP contribution in [0.2, 0.25) is 0 Å². The first kappa shape index (κ1) is 17.9. The average molecular weight is 365 g/mol. The fourth-order valence-electron chi connectivity index (χ4n) is 3.85. The van der Waals surface area contributed by atoms with Gasteiger partial charge in [0.15, 0.2) is 0 Å². The van der Waals surface area contributed by atoms with Crippen LogP contribution in [0.15, 0.2) is 17.0 Å². The van der Waals surface area contributed by atoms with Crippen LogP contribution < -0.4 is 5.32 Å². The van der Waals surface area contributed by atoms with Gasteiger partial charge in [0.1, 0.15) is 0 Å². The van der Waals surface area contributed by atoms with Crippen molar-refractivity contribution in [3.8, 4) is 0 Å². The van der Waals surface area contributed by atoms with Gasteiger partial charge in [-0.05, 0) is 44.7 Å². The monoisotopic (exact) mass is 365 g/mol. The van der Waals surface area contributed by atoms with Crippen molar-refractivity contribution in [2.75, 3.05) is 19.6 Å². The molecule has 0 aliphatic carbocycles. The van der Waals surface area contributed by atoms with E-state index in [1.54, 1.807) is 0 Å². The second kappa shape index (κ2) is 6.42. The fourth-order valence-corrected chi connectivity index (χ4v) is 5.73. The van der Waals surface area contributed by atoms with Gasteiger partial charge in [-0.2, -0.15) is 4.31 Å². The Morgan fingerprint density at radius 3 is 2.08 bits per heavy atom. The molecular weight excluding hydrogens is 342 g/mol. The van der Waals surface area contributed by atoms with Crippen molar-refractivity contribution in [3.05, 3.63) is 28.8 Å². The maximum atomic E-state index is 13.1. The standard InChI is InChI=1S/C17H23N3O4S/c1-11-8-12(2)16(13(3)9-11)25(23,24)19-6-4-14(5-7-19)20-15(21)10-18-17(20)22/h8-9,14H,4-7,10H2,1-3H3,(H,18,22). The molecule has 0 bridgehead atoms. The molecule has 2 aliphatic heterocycles. The highest BCUT2D eigenvalue weighted by Crippen LogP contribution is 2.28. The van der Waals surface area contributed by atoms with Crippen molar-refractivity contribution < 1.29 is 18.0 Å². The van der Waals surface area contributed by atoms with Crippen molar-refractivity contribution in [2.24, 2.45) is 0 Å². The van der Waals surface area contributed by atoms with Gasteiger partial charge in [-0.25, -0.2) is 13.2 Å². The number of urea groups is 1. The zero-order valence-electron chi connectivity index (χ0n) is 14.7. The number of hydrogen-bond acceptors (Lipinski definition) is 4. The summed E-state index contributed by atoms with van der Waals surface area (Å²) in [7, 11) is -3.58. The molecular formula is C17H23N3O4S. The van der Waals surface area contributed by atoms with Crippen molar-refractivity contribution in [1.82, 2.24) is 14.5 Å². The molecule has 7 nitrogen and oxygen atoms in total. The quantitative estimate of drug-likeness (QED) is 0.819. The van der Waals surface area contributed by atoms with Gasteiger partial charge in [0.25, 0.3) is 0 Å². The third kappa shape index (κ3) is 3.16. The lowest BCUT2D eigenvalue weighted by atomic mass is 10.1. The number of hydrogen-bond donors (Lipinski definition) is 1. The minimum Gasteiger partial charge on any atom is -0.329 e. The molecule has 0 spiro atoms. The predicted octanol–water partition coefficient (Wildman–Crippen LogP) is 1.32. The molecule has 0 saturated carbocycles. The van der Waals surface area contributed by atoms with Gasteiger partial charge in [0, 0.05) is 19.1 Å². The number of benzene rings is 1.